The van der Waals surface area contributed by atoms with Gasteiger partial charge in [0.1, 0.15) is 4.83 Å². The lowest BCUT2D eigenvalue weighted by Gasteiger charge is -2.08. The van der Waals surface area contributed by atoms with Crippen molar-refractivity contribution in [3.63, 3.8) is 0 Å². The maximum Gasteiger partial charge on any atom is 0.260 e. The van der Waals surface area contributed by atoms with Gasteiger partial charge in [0.25, 0.3) is 5.56 Å². The molecule has 7 nitrogen and oxygen atoms in total. The molecule has 0 unspecified atom stereocenters. The summed E-state index contributed by atoms with van der Waals surface area (Å²) >= 11 is 2.63. The number of carbonyl (C=O) groups is 2. The molecule has 0 saturated heterocycles. The highest BCUT2D eigenvalue weighted by atomic mass is 32.2. The molecule has 2 rings (SSSR count). The highest BCUT2D eigenvalue weighted by Gasteiger charge is 2.17. The van der Waals surface area contributed by atoms with Crippen molar-refractivity contribution in [3.8, 4) is 0 Å². The highest BCUT2D eigenvalue weighted by molar-refractivity contribution is 7.99. The van der Waals surface area contributed by atoms with E-state index in [4.69, 9.17) is 0 Å². The summed E-state index contributed by atoms with van der Waals surface area (Å²) in [5.74, 6) is -0.182. The lowest BCUT2D eigenvalue weighted by Crippen LogP contribution is -2.41. The van der Waals surface area contributed by atoms with Crippen molar-refractivity contribution < 1.29 is 9.59 Å². The molecule has 0 aliphatic heterocycles. The van der Waals surface area contributed by atoms with E-state index >= 15 is 0 Å². The Kier molecular flexibility index (Phi) is 6.60. The molecule has 136 valence electrons. The van der Waals surface area contributed by atoms with Gasteiger partial charge in [0.2, 0.25) is 11.8 Å². The minimum atomic E-state index is -0.372. The second-order valence-corrected chi connectivity index (χ2v) is 8.09. The van der Waals surface area contributed by atoms with Crippen molar-refractivity contribution in [2.45, 2.75) is 45.7 Å². The van der Waals surface area contributed by atoms with Crippen LogP contribution in [0.15, 0.2) is 9.95 Å². The van der Waals surface area contributed by atoms with Gasteiger partial charge in [-0.15, -0.1) is 11.3 Å². The van der Waals surface area contributed by atoms with Crippen LogP contribution in [0.2, 0.25) is 0 Å². The van der Waals surface area contributed by atoms with Gasteiger partial charge in [0.05, 0.1) is 11.1 Å². The number of hydrogen-bond acceptors (Lipinski definition) is 6. The van der Waals surface area contributed by atoms with E-state index in [1.807, 2.05) is 6.92 Å². The van der Waals surface area contributed by atoms with Crippen LogP contribution >= 0.6 is 23.1 Å². The summed E-state index contributed by atoms with van der Waals surface area (Å²) < 4.78 is 0. The number of hydrazine groups is 1. The number of nitrogens with zero attached hydrogens (tertiary/aromatic N) is 1. The normalized spacial score (nSPS) is 12.2. The maximum absolute atomic E-state index is 12.5. The summed E-state index contributed by atoms with van der Waals surface area (Å²) in [6.07, 6.45) is 1.91. The van der Waals surface area contributed by atoms with E-state index in [-0.39, 0.29) is 23.1 Å². The summed E-state index contributed by atoms with van der Waals surface area (Å²) in [7, 11) is 0. The van der Waals surface area contributed by atoms with Gasteiger partial charge in [-0.2, -0.15) is 0 Å². The van der Waals surface area contributed by atoms with Gasteiger partial charge in [-0.05, 0) is 24.8 Å². The second kappa shape index (κ2) is 8.48. The van der Waals surface area contributed by atoms with Crippen LogP contribution in [0, 0.1) is 12.8 Å². The van der Waals surface area contributed by atoms with Crippen LogP contribution in [0.3, 0.4) is 0 Å². The molecule has 0 radical (unpaired) electrons. The Morgan fingerprint density at radius 1 is 1.36 bits per heavy atom. The van der Waals surface area contributed by atoms with Crippen LogP contribution in [-0.2, 0) is 16.0 Å². The first-order valence-corrected chi connectivity index (χ1v) is 9.82. The Balaban J connectivity index is 2.18. The molecular weight excluding hydrogens is 360 g/mol. The molecule has 1 atom stereocenters. The Morgan fingerprint density at radius 2 is 2.08 bits per heavy atom. The molecule has 0 aromatic carbocycles. The van der Waals surface area contributed by atoms with Crippen molar-refractivity contribution >= 4 is 45.1 Å². The predicted octanol–water partition coefficient (Wildman–Crippen LogP) is 2.14. The molecule has 0 spiro atoms. The van der Waals surface area contributed by atoms with Gasteiger partial charge in [-0.1, -0.05) is 32.0 Å². The summed E-state index contributed by atoms with van der Waals surface area (Å²) in [5.41, 5.74) is 5.39. The average molecular weight is 383 g/mol. The van der Waals surface area contributed by atoms with E-state index < -0.39 is 0 Å². The van der Waals surface area contributed by atoms with Crippen LogP contribution in [0.4, 0.5) is 0 Å². The molecule has 0 bridgehead atoms. The number of carbonyl (C=O) groups excluding carboxylic acids is 2. The van der Waals surface area contributed by atoms with E-state index in [0.717, 1.165) is 35.0 Å². The summed E-state index contributed by atoms with van der Waals surface area (Å²) in [6, 6.07) is 0. The minimum absolute atomic E-state index is 0.0405. The number of amides is 2. The van der Waals surface area contributed by atoms with Crippen LogP contribution in [0.1, 0.15) is 37.6 Å². The molecular formula is C16H22N4O3S2. The number of fused-ring (bicyclic) bond motifs is 1. The third kappa shape index (κ3) is 5.05. The summed E-state index contributed by atoms with van der Waals surface area (Å²) in [4.78, 5) is 43.9. The van der Waals surface area contributed by atoms with Crippen LogP contribution in [0.5, 0.6) is 0 Å². The Hall–Kier alpha value is -1.87. The van der Waals surface area contributed by atoms with Gasteiger partial charge < -0.3 is 4.98 Å². The zero-order valence-electron chi connectivity index (χ0n) is 14.7. The third-order valence-electron chi connectivity index (χ3n) is 3.81. The predicted molar refractivity (Wildman–Crippen MR) is 101 cm³/mol. The fraction of sp³-hybridized carbons (Fsp3) is 0.500. The summed E-state index contributed by atoms with van der Waals surface area (Å²) in [5, 5.41) is 1.06. The lowest BCUT2D eigenvalue weighted by molar-refractivity contribution is -0.126. The molecule has 2 heterocycles. The average Bonchev–Trinajstić information content (AvgIpc) is 2.86. The van der Waals surface area contributed by atoms with Crippen LogP contribution in [0.25, 0.3) is 10.2 Å². The van der Waals surface area contributed by atoms with E-state index in [1.54, 1.807) is 0 Å². The summed E-state index contributed by atoms with van der Waals surface area (Å²) in [6.45, 7) is 7.62. The van der Waals surface area contributed by atoms with Crippen molar-refractivity contribution in [3.05, 3.63) is 20.8 Å². The molecule has 0 aliphatic rings. The molecule has 0 saturated carbocycles. The largest absolute Gasteiger partial charge is 0.301 e. The Bertz CT molecular complexity index is 844. The number of hydrogen-bond donors (Lipinski definition) is 3. The lowest BCUT2D eigenvalue weighted by atomic mass is 9.98. The standard InChI is InChI=1S/C16H22N4O3S2/c1-5-8(2)6-11-9(3)25-15-13(11)14(23)17-16(18-15)24-7-12(22)20-19-10(4)21/h8H,5-7H2,1-4H3,(H,19,21)(H,20,22)(H,17,18,23)/t8-/m0/s1. The van der Waals surface area contributed by atoms with Crippen LogP contribution < -0.4 is 16.4 Å². The van der Waals surface area contributed by atoms with E-state index in [0.29, 0.717) is 21.3 Å². The van der Waals surface area contributed by atoms with Gasteiger partial charge >= 0.3 is 0 Å². The highest BCUT2D eigenvalue weighted by Crippen LogP contribution is 2.30. The Labute approximate surface area is 154 Å². The van der Waals surface area contributed by atoms with Crippen LogP contribution in [-0.4, -0.2) is 27.5 Å². The number of aryl methyl sites for hydroxylation is 1. The van der Waals surface area contributed by atoms with Gasteiger partial charge in [0.15, 0.2) is 5.16 Å². The van der Waals surface area contributed by atoms with Gasteiger partial charge in [0, 0.05) is 11.8 Å². The quantitative estimate of drug-likeness (QED) is 0.403. The fourth-order valence-corrected chi connectivity index (χ4v) is 4.06. The number of thioether (sulfide) groups is 1. The van der Waals surface area contributed by atoms with Crippen molar-refractivity contribution in [2.75, 3.05) is 5.75 Å². The molecule has 0 fully saturated rings. The van der Waals surface area contributed by atoms with Gasteiger partial charge in [-0.25, -0.2) is 4.98 Å². The number of aromatic nitrogens is 2. The number of rotatable bonds is 6. The molecule has 0 aliphatic carbocycles. The van der Waals surface area contributed by atoms with Gasteiger partial charge in [-0.3, -0.25) is 25.2 Å². The molecule has 2 amide bonds. The third-order valence-corrected chi connectivity index (χ3v) is 5.72. The number of thiophene rings is 1. The topological polar surface area (TPSA) is 104 Å². The molecule has 3 N–H and O–H groups in total. The minimum Gasteiger partial charge on any atom is -0.301 e. The second-order valence-electron chi connectivity index (χ2n) is 5.92. The van der Waals surface area contributed by atoms with Crippen molar-refractivity contribution in [1.82, 2.24) is 20.8 Å². The van der Waals surface area contributed by atoms with Crippen molar-refractivity contribution in [2.24, 2.45) is 5.92 Å². The fourth-order valence-electron chi connectivity index (χ4n) is 2.29. The maximum atomic E-state index is 12.5. The first-order chi connectivity index (χ1) is 11.8. The number of H-pyrrole nitrogens is 1. The molecule has 9 heteroatoms. The zero-order chi connectivity index (χ0) is 18.6. The van der Waals surface area contributed by atoms with E-state index in [2.05, 4.69) is 34.7 Å². The molecule has 2 aromatic rings. The SMILES string of the molecule is CC[C@H](C)Cc1c(C)sc2nc(SCC(=O)NNC(C)=O)[nH]c(=O)c12. The Morgan fingerprint density at radius 3 is 2.72 bits per heavy atom. The van der Waals surface area contributed by atoms with E-state index in [9.17, 15) is 14.4 Å². The molecule has 2 aromatic heterocycles. The first-order valence-electron chi connectivity index (χ1n) is 8.02. The first kappa shape index (κ1) is 19.5. The van der Waals surface area contributed by atoms with Crippen molar-refractivity contribution in [1.29, 1.82) is 0 Å². The molecule has 25 heavy (non-hydrogen) atoms. The number of nitrogens with one attached hydrogen (secondary N) is 3. The monoisotopic (exact) mass is 382 g/mol. The number of aromatic amines is 1. The smallest absolute Gasteiger partial charge is 0.260 e. The van der Waals surface area contributed by atoms with E-state index in [1.165, 1.54) is 18.3 Å². The zero-order valence-corrected chi connectivity index (χ0v) is 16.3.